The molecule has 0 bridgehead atoms. The van der Waals surface area contributed by atoms with Gasteiger partial charge >= 0.3 is 0 Å². The van der Waals surface area contributed by atoms with Crippen LogP contribution in [0.5, 0.6) is 0 Å². The van der Waals surface area contributed by atoms with Crippen molar-refractivity contribution in [1.82, 2.24) is 15.1 Å². The van der Waals surface area contributed by atoms with Crippen LogP contribution in [-0.2, 0) is 4.74 Å². The predicted octanol–water partition coefficient (Wildman–Crippen LogP) is 3.32. The second-order valence-corrected chi connectivity index (χ2v) is 7.92. The SMILES string of the molecule is Cc1ccc(Nc2nnc(SCCN3CCOCC3)s2)cc1C. The standard InChI is InChI=1S/C16H22N4OS2/c1-12-3-4-14(11-13(12)2)17-15-18-19-16(23-15)22-10-7-20-5-8-21-9-6-20/h3-4,11H,5-10H2,1-2H3,(H,17,18). The first kappa shape index (κ1) is 16.7. The Hall–Kier alpha value is -1.15. The molecule has 0 aliphatic carbocycles. The van der Waals surface area contributed by atoms with Crippen molar-refractivity contribution in [3.8, 4) is 0 Å². The fourth-order valence-corrected chi connectivity index (χ4v) is 4.19. The molecule has 2 heterocycles. The highest BCUT2D eigenvalue weighted by Crippen LogP contribution is 2.28. The molecule has 2 aromatic rings. The first-order chi connectivity index (χ1) is 11.2. The molecule has 1 aromatic heterocycles. The van der Waals surface area contributed by atoms with E-state index in [1.54, 1.807) is 23.1 Å². The molecule has 3 rings (SSSR count). The lowest BCUT2D eigenvalue weighted by Crippen LogP contribution is -2.37. The molecule has 0 unspecified atom stereocenters. The van der Waals surface area contributed by atoms with Crippen molar-refractivity contribution < 1.29 is 4.74 Å². The van der Waals surface area contributed by atoms with Gasteiger partial charge in [0.1, 0.15) is 0 Å². The number of aromatic nitrogens is 2. The Morgan fingerprint density at radius 3 is 2.83 bits per heavy atom. The van der Waals surface area contributed by atoms with Crippen molar-refractivity contribution >= 4 is 33.9 Å². The smallest absolute Gasteiger partial charge is 0.210 e. The maximum atomic E-state index is 5.36. The van der Waals surface area contributed by atoms with Crippen LogP contribution in [-0.4, -0.2) is 53.7 Å². The van der Waals surface area contributed by atoms with Crippen molar-refractivity contribution in [2.24, 2.45) is 0 Å². The van der Waals surface area contributed by atoms with Crippen LogP contribution in [0.1, 0.15) is 11.1 Å². The molecule has 0 spiro atoms. The molecule has 23 heavy (non-hydrogen) atoms. The molecule has 0 saturated carbocycles. The Morgan fingerprint density at radius 1 is 1.22 bits per heavy atom. The van der Waals surface area contributed by atoms with Crippen LogP contribution in [0.4, 0.5) is 10.8 Å². The van der Waals surface area contributed by atoms with Crippen LogP contribution in [0.25, 0.3) is 0 Å². The quantitative estimate of drug-likeness (QED) is 0.807. The van der Waals surface area contributed by atoms with E-state index in [4.69, 9.17) is 4.74 Å². The van der Waals surface area contributed by atoms with Gasteiger partial charge in [-0.25, -0.2) is 0 Å². The lowest BCUT2D eigenvalue weighted by Gasteiger charge is -2.25. The number of aryl methyl sites for hydroxylation is 2. The van der Waals surface area contributed by atoms with Gasteiger partial charge < -0.3 is 10.1 Å². The molecule has 1 fully saturated rings. The third kappa shape index (κ3) is 4.91. The average Bonchev–Trinajstić information content (AvgIpc) is 2.99. The highest BCUT2D eigenvalue weighted by molar-refractivity contribution is 8.01. The van der Waals surface area contributed by atoms with E-state index in [1.165, 1.54) is 11.1 Å². The summed E-state index contributed by atoms with van der Waals surface area (Å²) in [5, 5.41) is 12.7. The number of nitrogens with zero attached hydrogens (tertiary/aromatic N) is 3. The summed E-state index contributed by atoms with van der Waals surface area (Å²) in [6.45, 7) is 9.10. The Morgan fingerprint density at radius 2 is 2.04 bits per heavy atom. The van der Waals surface area contributed by atoms with Crippen LogP contribution in [0.3, 0.4) is 0 Å². The first-order valence-electron chi connectivity index (χ1n) is 7.81. The van der Waals surface area contributed by atoms with Crippen LogP contribution >= 0.6 is 23.1 Å². The van der Waals surface area contributed by atoms with E-state index in [0.29, 0.717) is 0 Å². The Balaban J connectivity index is 1.48. The van der Waals surface area contributed by atoms with Gasteiger partial charge in [-0.1, -0.05) is 29.2 Å². The van der Waals surface area contributed by atoms with Crippen LogP contribution in [0.2, 0.25) is 0 Å². The van der Waals surface area contributed by atoms with Gasteiger partial charge in [0.2, 0.25) is 5.13 Å². The van der Waals surface area contributed by atoms with Crippen molar-refractivity contribution in [2.45, 2.75) is 18.2 Å². The molecule has 124 valence electrons. The van der Waals surface area contributed by atoms with E-state index in [1.807, 2.05) is 0 Å². The zero-order valence-electron chi connectivity index (χ0n) is 13.5. The van der Waals surface area contributed by atoms with E-state index in [9.17, 15) is 0 Å². The lowest BCUT2D eigenvalue weighted by atomic mass is 10.1. The Kier molecular flexibility index (Phi) is 5.88. The molecule has 7 heteroatoms. The second kappa shape index (κ2) is 8.10. The molecule has 1 saturated heterocycles. The molecule has 0 atom stereocenters. The summed E-state index contributed by atoms with van der Waals surface area (Å²) in [5.41, 5.74) is 3.64. The molecular weight excluding hydrogens is 328 g/mol. The number of anilines is 2. The second-order valence-electron chi connectivity index (χ2n) is 5.60. The molecule has 5 nitrogen and oxygen atoms in total. The fraction of sp³-hybridized carbons (Fsp3) is 0.500. The number of benzene rings is 1. The number of ether oxygens (including phenoxy) is 1. The monoisotopic (exact) mass is 350 g/mol. The molecule has 1 N–H and O–H groups in total. The summed E-state index contributed by atoms with van der Waals surface area (Å²) >= 11 is 3.38. The normalized spacial score (nSPS) is 15.7. The highest BCUT2D eigenvalue weighted by Gasteiger charge is 2.11. The van der Waals surface area contributed by atoms with Crippen molar-refractivity contribution in [1.29, 1.82) is 0 Å². The minimum atomic E-state index is 0.849. The summed E-state index contributed by atoms with van der Waals surface area (Å²) in [5.74, 6) is 1.04. The van der Waals surface area contributed by atoms with Gasteiger partial charge in [-0.3, -0.25) is 4.90 Å². The van der Waals surface area contributed by atoms with Gasteiger partial charge in [0.25, 0.3) is 0 Å². The van der Waals surface area contributed by atoms with Gasteiger partial charge in [-0.2, -0.15) is 0 Å². The molecule has 0 radical (unpaired) electrons. The molecule has 1 aliphatic rings. The molecule has 1 aliphatic heterocycles. The number of thioether (sulfide) groups is 1. The fourth-order valence-electron chi connectivity index (χ4n) is 2.35. The lowest BCUT2D eigenvalue weighted by molar-refractivity contribution is 0.0410. The van der Waals surface area contributed by atoms with Gasteiger partial charge in [0.05, 0.1) is 13.2 Å². The van der Waals surface area contributed by atoms with E-state index >= 15 is 0 Å². The maximum Gasteiger partial charge on any atom is 0.210 e. The summed E-state index contributed by atoms with van der Waals surface area (Å²) < 4.78 is 6.38. The zero-order valence-corrected chi connectivity index (χ0v) is 15.2. The number of rotatable bonds is 6. The minimum Gasteiger partial charge on any atom is -0.379 e. The predicted molar refractivity (Wildman–Crippen MR) is 97.1 cm³/mol. The Bertz CT molecular complexity index is 641. The largest absolute Gasteiger partial charge is 0.379 e. The van der Waals surface area contributed by atoms with E-state index in [0.717, 1.165) is 53.8 Å². The number of morpholine rings is 1. The number of nitrogens with one attached hydrogen (secondary N) is 1. The minimum absolute atomic E-state index is 0.849. The van der Waals surface area contributed by atoms with Crippen LogP contribution in [0, 0.1) is 13.8 Å². The molecule has 0 amide bonds. The summed E-state index contributed by atoms with van der Waals surface area (Å²) in [6, 6.07) is 6.34. The Labute approximate surface area is 145 Å². The summed E-state index contributed by atoms with van der Waals surface area (Å²) in [4.78, 5) is 2.44. The third-order valence-corrected chi connectivity index (χ3v) is 5.85. The van der Waals surface area contributed by atoms with Crippen LogP contribution in [0.15, 0.2) is 22.5 Å². The van der Waals surface area contributed by atoms with Gasteiger partial charge in [0, 0.05) is 31.1 Å². The third-order valence-electron chi connectivity index (χ3n) is 3.90. The van der Waals surface area contributed by atoms with Gasteiger partial charge in [-0.05, 0) is 37.1 Å². The number of hydrogen-bond acceptors (Lipinski definition) is 7. The van der Waals surface area contributed by atoms with E-state index < -0.39 is 0 Å². The van der Waals surface area contributed by atoms with Crippen molar-refractivity contribution in [3.63, 3.8) is 0 Å². The van der Waals surface area contributed by atoms with E-state index in [-0.39, 0.29) is 0 Å². The van der Waals surface area contributed by atoms with Gasteiger partial charge in [-0.15, -0.1) is 10.2 Å². The van der Waals surface area contributed by atoms with Crippen LogP contribution < -0.4 is 5.32 Å². The molecule has 1 aromatic carbocycles. The topological polar surface area (TPSA) is 50.3 Å². The number of hydrogen-bond donors (Lipinski definition) is 1. The average molecular weight is 351 g/mol. The van der Waals surface area contributed by atoms with Crippen molar-refractivity contribution in [2.75, 3.05) is 43.9 Å². The van der Waals surface area contributed by atoms with Gasteiger partial charge in [0.15, 0.2) is 4.34 Å². The summed E-state index contributed by atoms with van der Waals surface area (Å²) in [7, 11) is 0. The zero-order chi connectivity index (χ0) is 16.1. The first-order valence-corrected chi connectivity index (χ1v) is 9.61. The highest BCUT2D eigenvalue weighted by atomic mass is 32.2. The molecular formula is C16H22N4OS2. The maximum absolute atomic E-state index is 5.36. The van der Waals surface area contributed by atoms with Crippen molar-refractivity contribution in [3.05, 3.63) is 29.3 Å². The van der Waals surface area contributed by atoms with E-state index in [2.05, 4.69) is 52.5 Å². The summed E-state index contributed by atoms with van der Waals surface area (Å²) in [6.07, 6.45) is 0.